The zero-order chi connectivity index (χ0) is 26.3. The number of hydrogen-bond donors (Lipinski definition) is 0. The third-order valence-electron chi connectivity index (χ3n) is 9.46. The molecule has 0 aliphatic rings. The van der Waals surface area contributed by atoms with Gasteiger partial charge in [-0.1, -0.05) is 164 Å². The minimum Gasteiger partial charge on any atom is -0.0654 e. The molecule has 0 fully saturated rings. The average molecular weight is 492 g/mol. The van der Waals surface area contributed by atoms with Crippen molar-refractivity contribution >= 4 is 0 Å². The first-order valence-electron chi connectivity index (χ1n) is 16.9. The summed E-state index contributed by atoms with van der Waals surface area (Å²) < 4.78 is 0. The molecule has 0 heteroatoms. The van der Waals surface area contributed by atoms with Crippen molar-refractivity contribution in [2.45, 2.75) is 209 Å². The maximum atomic E-state index is 2.60. The maximum Gasteiger partial charge on any atom is -0.0174 e. The van der Waals surface area contributed by atoms with Crippen molar-refractivity contribution < 1.29 is 0 Å². The van der Waals surface area contributed by atoms with Gasteiger partial charge in [-0.05, 0) is 61.7 Å². The van der Waals surface area contributed by atoms with E-state index in [1.807, 2.05) is 0 Å². The zero-order valence-electron chi connectivity index (χ0n) is 26.2. The lowest BCUT2D eigenvalue weighted by Gasteiger charge is -2.57. The molecule has 0 aliphatic heterocycles. The molecule has 211 valence electrons. The predicted octanol–water partition coefficient (Wildman–Crippen LogP) is 13.4. The Kier molecular flexibility index (Phi) is 23.1. The molecule has 0 aromatic heterocycles. The minimum atomic E-state index is 0.495. The van der Waals surface area contributed by atoms with Gasteiger partial charge in [0.25, 0.3) is 0 Å². The molecular formula is C35H71. The summed E-state index contributed by atoms with van der Waals surface area (Å²) in [5, 5.41) is 0. The molecule has 0 N–H and O–H groups in total. The van der Waals surface area contributed by atoms with E-state index in [2.05, 4.69) is 54.4 Å². The van der Waals surface area contributed by atoms with E-state index in [0.717, 1.165) is 0 Å². The molecule has 0 atom stereocenters. The number of hydrogen-bond acceptors (Lipinski definition) is 0. The molecule has 1 radical (unpaired) electrons. The van der Waals surface area contributed by atoms with Crippen LogP contribution in [0, 0.1) is 16.7 Å². The van der Waals surface area contributed by atoms with Gasteiger partial charge in [-0.3, -0.25) is 0 Å². The van der Waals surface area contributed by atoms with Gasteiger partial charge in [-0.15, -0.1) is 0 Å². The van der Waals surface area contributed by atoms with Gasteiger partial charge in [-0.2, -0.15) is 0 Å². The maximum absolute atomic E-state index is 2.60. The van der Waals surface area contributed by atoms with Crippen molar-refractivity contribution in [1.82, 2.24) is 0 Å². The summed E-state index contributed by atoms with van der Waals surface area (Å²) >= 11 is 0. The van der Waals surface area contributed by atoms with E-state index in [-0.39, 0.29) is 0 Å². The lowest BCUT2D eigenvalue weighted by atomic mass is 9.48. The molecule has 0 unspecified atom stereocenters. The molecule has 0 aromatic rings. The Morgan fingerprint density at radius 1 is 0.371 bits per heavy atom. The van der Waals surface area contributed by atoms with E-state index >= 15 is 0 Å². The summed E-state index contributed by atoms with van der Waals surface area (Å²) in [6.45, 7) is 17.0. The second-order valence-electron chi connectivity index (χ2n) is 12.1. The molecule has 0 rings (SSSR count). The fourth-order valence-corrected chi connectivity index (χ4v) is 7.24. The lowest BCUT2D eigenvalue weighted by Crippen LogP contribution is -2.47. The molecule has 35 heavy (non-hydrogen) atoms. The third kappa shape index (κ3) is 12.9. The summed E-state index contributed by atoms with van der Waals surface area (Å²) in [4.78, 5) is 0. The van der Waals surface area contributed by atoms with Crippen molar-refractivity contribution in [3.05, 3.63) is 5.92 Å². The average Bonchev–Trinajstić information content (AvgIpc) is 2.86. The number of unbranched alkanes of at least 4 members (excludes halogenated alkanes) is 12. The monoisotopic (exact) mass is 492 g/mol. The van der Waals surface area contributed by atoms with Crippen LogP contribution in [0.15, 0.2) is 0 Å². The second kappa shape index (κ2) is 23.1. The molecular weight excluding hydrogens is 420 g/mol. The van der Waals surface area contributed by atoms with Crippen LogP contribution in [-0.4, -0.2) is 0 Å². The SMILES string of the molecule is CCCCC[C](CCCCC)C(CCCCC)(CCCCC)C(CC)(CCCCC)CCCCC. The molecule has 0 nitrogen and oxygen atoms in total. The van der Waals surface area contributed by atoms with E-state index in [9.17, 15) is 0 Å². The van der Waals surface area contributed by atoms with Crippen LogP contribution in [0.3, 0.4) is 0 Å². The fourth-order valence-electron chi connectivity index (χ4n) is 7.24. The Morgan fingerprint density at radius 3 is 1.00 bits per heavy atom. The Bertz CT molecular complexity index is 392. The summed E-state index contributed by atoms with van der Waals surface area (Å²) in [6.07, 6.45) is 35.6. The van der Waals surface area contributed by atoms with Crippen molar-refractivity contribution in [1.29, 1.82) is 0 Å². The largest absolute Gasteiger partial charge is 0.0654 e. The zero-order valence-corrected chi connectivity index (χ0v) is 26.2. The van der Waals surface area contributed by atoms with Crippen LogP contribution in [0.1, 0.15) is 209 Å². The van der Waals surface area contributed by atoms with Crippen LogP contribution in [0.4, 0.5) is 0 Å². The molecule has 0 heterocycles. The Morgan fingerprint density at radius 2 is 0.686 bits per heavy atom. The van der Waals surface area contributed by atoms with Crippen LogP contribution in [-0.2, 0) is 0 Å². The summed E-state index contributed by atoms with van der Waals surface area (Å²) in [6, 6.07) is 0. The van der Waals surface area contributed by atoms with Crippen LogP contribution >= 0.6 is 0 Å². The van der Waals surface area contributed by atoms with Crippen molar-refractivity contribution in [3.8, 4) is 0 Å². The van der Waals surface area contributed by atoms with Crippen molar-refractivity contribution in [2.24, 2.45) is 10.8 Å². The van der Waals surface area contributed by atoms with Gasteiger partial charge in [0.15, 0.2) is 0 Å². The first-order valence-corrected chi connectivity index (χ1v) is 16.9. The van der Waals surface area contributed by atoms with Gasteiger partial charge in [0.1, 0.15) is 0 Å². The van der Waals surface area contributed by atoms with Crippen LogP contribution in [0.25, 0.3) is 0 Å². The van der Waals surface area contributed by atoms with Crippen LogP contribution in [0.2, 0.25) is 0 Å². The Hall–Kier alpha value is 0. The highest BCUT2D eigenvalue weighted by Gasteiger charge is 2.52. The van der Waals surface area contributed by atoms with E-state index in [1.165, 1.54) is 161 Å². The summed E-state index contributed by atoms with van der Waals surface area (Å²) in [5.74, 6) is 2.06. The van der Waals surface area contributed by atoms with Gasteiger partial charge >= 0.3 is 0 Å². The highest BCUT2D eigenvalue weighted by atomic mass is 14.6. The summed E-state index contributed by atoms with van der Waals surface area (Å²) in [7, 11) is 0. The second-order valence-corrected chi connectivity index (χ2v) is 12.1. The highest BCUT2D eigenvalue weighted by Crippen LogP contribution is 2.62. The molecule has 0 saturated heterocycles. The topological polar surface area (TPSA) is 0 Å². The van der Waals surface area contributed by atoms with Gasteiger partial charge in [0, 0.05) is 0 Å². The van der Waals surface area contributed by atoms with Crippen molar-refractivity contribution in [2.75, 3.05) is 0 Å². The standard InChI is InChI=1S/C35H71/c1-8-15-21-27-33(28-22-16-9-2)35(31-25-19-12-5,32-26-20-13-6)34(14-7,29-23-17-10-3)30-24-18-11-4/h8-32H2,1-7H3. The molecule has 0 aliphatic carbocycles. The quantitative estimate of drug-likeness (QED) is 0.100. The van der Waals surface area contributed by atoms with Gasteiger partial charge < -0.3 is 0 Å². The van der Waals surface area contributed by atoms with Gasteiger partial charge in [0.05, 0.1) is 0 Å². The molecule has 0 aromatic carbocycles. The Labute approximate surface area is 225 Å². The minimum absolute atomic E-state index is 0.495. The molecule has 0 spiro atoms. The normalized spacial score (nSPS) is 12.7. The first-order chi connectivity index (χ1) is 17.1. The van der Waals surface area contributed by atoms with Crippen LogP contribution < -0.4 is 0 Å². The van der Waals surface area contributed by atoms with Gasteiger partial charge in [0.2, 0.25) is 0 Å². The van der Waals surface area contributed by atoms with Crippen LogP contribution in [0.5, 0.6) is 0 Å². The molecule has 0 amide bonds. The van der Waals surface area contributed by atoms with Crippen molar-refractivity contribution in [3.63, 3.8) is 0 Å². The molecule has 0 saturated carbocycles. The fraction of sp³-hybridized carbons (Fsp3) is 0.971. The van der Waals surface area contributed by atoms with E-state index in [1.54, 1.807) is 0 Å². The van der Waals surface area contributed by atoms with E-state index in [4.69, 9.17) is 0 Å². The lowest BCUT2D eigenvalue weighted by molar-refractivity contribution is -0.0112. The third-order valence-corrected chi connectivity index (χ3v) is 9.46. The highest BCUT2D eigenvalue weighted by molar-refractivity contribution is 5.15. The smallest absolute Gasteiger partial charge is 0.0174 e. The predicted molar refractivity (Wildman–Crippen MR) is 163 cm³/mol. The first kappa shape index (κ1) is 35.0. The summed E-state index contributed by atoms with van der Waals surface area (Å²) in [5.41, 5.74) is 1.03. The Balaban J connectivity index is 6.56. The van der Waals surface area contributed by atoms with Gasteiger partial charge in [-0.25, -0.2) is 0 Å². The van der Waals surface area contributed by atoms with E-state index in [0.29, 0.717) is 10.8 Å². The number of rotatable bonds is 27. The van der Waals surface area contributed by atoms with E-state index < -0.39 is 0 Å². The molecule has 0 bridgehead atoms.